The molecule has 4 N–H and O–H groups in total. The first-order valence-electron chi connectivity index (χ1n) is 8.13. The monoisotopic (exact) mass is 332 g/mol. The van der Waals surface area contributed by atoms with Crippen LogP contribution in [0.25, 0.3) is 0 Å². The summed E-state index contributed by atoms with van der Waals surface area (Å²) in [7, 11) is 0. The molecule has 0 aromatic carbocycles. The first-order valence-corrected chi connectivity index (χ1v) is 8.13. The number of urea groups is 1. The van der Waals surface area contributed by atoms with Crippen molar-refractivity contribution in [3.05, 3.63) is 0 Å². The molecule has 1 heterocycles. The number of nitrogens with one attached hydrogen (secondary N) is 2. The van der Waals surface area contributed by atoms with Crippen molar-refractivity contribution in [1.29, 1.82) is 0 Å². The van der Waals surface area contributed by atoms with Crippen LogP contribution >= 0.6 is 12.4 Å². The van der Waals surface area contributed by atoms with Gasteiger partial charge in [-0.05, 0) is 25.2 Å². The lowest BCUT2D eigenvalue weighted by Gasteiger charge is -2.34. The lowest BCUT2D eigenvalue weighted by molar-refractivity contribution is -0.121. The van der Waals surface area contributed by atoms with Crippen molar-refractivity contribution in [2.45, 2.75) is 57.5 Å². The Kier molecular flexibility index (Phi) is 8.14. The Morgan fingerprint density at radius 1 is 1.18 bits per heavy atom. The minimum atomic E-state index is -0.353. The highest BCUT2D eigenvalue weighted by atomic mass is 35.5. The molecule has 1 saturated heterocycles. The Balaban J connectivity index is 0.00000242. The van der Waals surface area contributed by atoms with Gasteiger partial charge in [0.2, 0.25) is 5.91 Å². The Labute approximate surface area is 139 Å². The molecule has 22 heavy (non-hydrogen) atoms. The molecular weight excluding hydrogens is 304 g/mol. The largest absolute Gasteiger partial charge is 0.335 e. The van der Waals surface area contributed by atoms with Crippen LogP contribution in [0.15, 0.2) is 0 Å². The fourth-order valence-electron chi connectivity index (χ4n) is 3.23. The summed E-state index contributed by atoms with van der Waals surface area (Å²) >= 11 is 0. The van der Waals surface area contributed by atoms with Gasteiger partial charge in [0.15, 0.2) is 0 Å². The molecule has 1 aliphatic carbocycles. The number of hydrogen-bond acceptors (Lipinski definition) is 4. The van der Waals surface area contributed by atoms with Crippen LogP contribution in [0.5, 0.6) is 0 Å². The molecule has 0 radical (unpaired) electrons. The highest BCUT2D eigenvalue weighted by Crippen LogP contribution is 2.17. The summed E-state index contributed by atoms with van der Waals surface area (Å²) in [6.07, 6.45) is 6.50. The molecule has 3 amide bonds. The third kappa shape index (κ3) is 6.10. The minimum Gasteiger partial charge on any atom is -0.335 e. The van der Waals surface area contributed by atoms with Gasteiger partial charge in [0, 0.05) is 25.2 Å². The maximum Gasteiger partial charge on any atom is 0.321 e. The standard InChI is InChI=1S/C15H28N4O2.ClH/c1-11-9-19(8-7-13(11)16)10-14(20)18-15(21)17-12-5-3-2-4-6-12;/h11-13H,2-10,16H2,1H3,(H2,17,18,20,21);1H. The highest BCUT2D eigenvalue weighted by Gasteiger charge is 2.25. The number of amides is 3. The molecule has 0 aromatic heterocycles. The fourth-order valence-corrected chi connectivity index (χ4v) is 3.23. The molecule has 1 saturated carbocycles. The van der Waals surface area contributed by atoms with Gasteiger partial charge >= 0.3 is 6.03 Å². The van der Waals surface area contributed by atoms with Gasteiger partial charge in [0.05, 0.1) is 6.54 Å². The van der Waals surface area contributed by atoms with E-state index >= 15 is 0 Å². The summed E-state index contributed by atoms with van der Waals surface area (Å²) in [5.74, 6) is 0.161. The first-order chi connectivity index (χ1) is 10.0. The molecule has 1 aliphatic heterocycles. The lowest BCUT2D eigenvalue weighted by Crippen LogP contribution is -2.51. The molecule has 0 bridgehead atoms. The Morgan fingerprint density at radius 3 is 2.50 bits per heavy atom. The number of nitrogens with two attached hydrogens (primary N) is 1. The number of halogens is 1. The van der Waals surface area contributed by atoms with Gasteiger partial charge in [-0.25, -0.2) is 4.79 Å². The third-order valence-corrected chi connectivity index (χ3v) is 4.62. The van der Waals surface area contributed by atoms with Gasteiger partial charge < -0.3 is 11.1 Å². The molecule has 2 rings (SSSR count). The molecule has 128 valence electrons. The number of carbonyl (C=O) groups excluding carboxylic acids is 2. The van der Waals surface area contributed by atoms with E-state index in [1.165, 1.54) is 6.42 Å². The van der Waals surface area contributed by atoms with E-state index in [-0.39, 0.29) is 43.0 Å². The number of carbonyl (C=O) groups is 2. The summed E-state index contributed by atoms with van der Waals surface area (Å²) in [6, 6.07) is 0.0899. The summed E-state index contributed by atoms with van der Waals surface area (Å²) in [5, 5.41) is 5.33. The smallest absolute Gasteiger partial charge is 0.321 e. The summed E-state index contributed by atoms with van der Waals surface area (Å²) < 4.78 is 0. The molecule has 2 fully saturated rings. The van der Waals surface area contributed by atoms with Crippen LogP contribution in [0.3, 0.4) is 0 Å². The second-order valence-electron chi connectivity index (χ2n) is 6.52. The Bertz CT molecular complexity index is 375. The number of piperidine rings is 1. The summed E-state index contributed by atoms with van der Waals surface area (Å²) in [4.78, 5) is 25.8. The van der Waals surface area contributed by atoms with E-state index in [1.54, 1.807) is 0 Å². The Hall–Kier alpha value is -0.850. The van der Waals surface area contributed by atoms with E-state index in [0.29, 0.717) is 5.92 Å². The van der Waals surface area contributed by atoms with Crippen LogP contribution < -0.4 is 16.4 Å². The van der Waals surface area contributed by atoms with Crippen molar-refractivity contribution in [1.82, 2.24) is 15.5 Å². The number of nitrogens with zero attached hydrogens (tertiary/aromatic N) is 1. The van der Waals surface area contributed by atoms with Crippen molar-refractivity contribution >= 4 is 24.3 Å². The van der Waals surface area contributed by atoms with Gasteiger partial charge in [-0.3, -0.25) is 15.0 Å². The van der Waals surface area contributed by atoms with Crippen molar-refractivity contribution in [3.63, 3.8) is 0 Å². The van der Waals surface area contributed by atoms with E-state index in [4.69, 9.17) is 5.73 Å². The van der Waals surface area contributed by atoms with Gasteiger partial charge in [-0.2, -0.15) is 0 Å². The molecule has 2 atom stereocenters. The van der Waals surface area contributed by atoms with E-state index in [9.17, 15) is 9.59 Å². The zero-order valence-electron chi connectivity index (χ0n) is 13.3. The molecule has 2 unspecified atom stereocenters. The average molecular weight is 333 g/mol. The van der Waals surface area contributed by atoms with Crippen LogP contribution in [0, 0.1) is 5.92 Å². The van der Waals surface area contributed by atoms with E-state index in [0.717, 1.165) is 45.2 Å². The molecular formula is C15H29ClN4O2. The van der Waals surface area contributed by atoms with Crippen LogP contribution in [0.1, 0.15) is 45.4 Å². The average Bonchev–Trinajstić information content (AvgIpc) is 2.43. The molecule has 2 aliphatic rings. The fraction of sp³-hybridized carbons (Fsp3) is 0.867. The zero-order valence-corrected chi connectivity index (χ0v) is 14.2. The normalized spacial score (nSPS) is 26.8. The van der Waals surface area contributed by atoms with Gasteiger partial charge in [-0.1, -0.05) is 26.2 Å². The predicted octanol–water partition coefficient (Wildman–Crippen LogP) is 1.24. The maximum absolute atomic E-state index is 11.9. The molecule has 6 nitrogen and oxygen atoms in total. The van der Waals surface area contributed by atoms with Crippen molar-refractivity contribution in [2.24, 2.45) is 11.7 Å². The maximum atomic E-state index is 11.9. The SMILES string of the molecule is CC1CN(CC(=O)NC(=O)NC2CCCCC2)CCC1N.Cl. The van der Waals surface area contributed by atoms with Crippen LogP contribution in [0.4, 0.5) is 4.79 Å². The highest BCUT2D eigenvalue weighted by molar-refractivity contribution is 5.95. The number of likely N-dealkylation sites (tertiary alicyclic amines) is 1. The van der Waals surface area contributed by atoms with Crippen molar-refractivity contribution in [2.75, 3.05) is 19.6 Å². The van der Waals surface area contributed by atoms with Crippen molar-refractivity contribution in [3.8, 4) is 0 Å². The van der Waals surface area contributed by atoms with Crippen LogP contribution in [0.2, 0.25) is 0 Å². The third-order valence-electron chi connectivity index (χ3n) is 4.62. The van der Waals surface area contributed by atoms with E-state index in [2.05, 4.69) is 22.5 Å². The zero-order chi connectivity index (χ0) is 15.2. The molecule has 0 spiro atoms. The minimum absolute atomic E-state index is 0. The van der Waals surface area contributed by atoms with E-state index in [1.807, 2.05) is 0 Å². The second-order valence-corrected chi connectivity index (χ2v) is 6.52. The quantitative estimate of drug-likeness (QED) is 0.725. The number of imide groups is 1. The van der Waals surface area contributed by atoms with Gasteiger partial charge in [-0.15, -0.1) is 12.4 Å². The Morgan fingerprint density at radius 2 is 1.86 bits per heavy atom. The van der Waals surface area contributed by atoms with Crippen LogP contribution in [-0.2, 0) is 4.79 Å². The molecule has 7 heteroatoms. The lowest BCUT2D eigenvalue weighted by atomic mass is 9.95. The van der Waals surface area contributed by atoms with Crippen LogP contribution in [-0.4, -0.2) is 48.6 Å². The summed E-state index contributed by atoms with van der Waals surface area (Å²) in [6.45, 7) is 4.02. The number of hydrogen-bond donors (Lipinski definition) is 3. The molecule has 0 aromatic rings. The van der Waals surface area contributed by atoms with E-state index < -0.39 is 0 Å². The van der Waals surface area contributed by atoms with Gasteiger partial charge in [0.1, 0.15) is 0 Å². The topological polar surface area (TPSA) is 87.5 Å². The first kappa shape index (κ1) is 19.2. The number of rotatable bonds is 3. The predicted molar refractivity (Wildman–Crippen MR) is 89.0 cm³/mol. The van der Waals surface area contributed by atoms with Gasteiger partial charge in [0.25, 0.3) is 0 Å². The second kappa shape index (κ2) is 9.33. The van der Waals surface area contributed by atoms with Crippen molar-refractivity contribution < 1.29 is 9.59 Å². The summed E-state index contributed by atoms with van der Waals surface area (Å²) in [5.41, 5.74) is 5.96.